The van der Waals surface area contributed by atoms with E-state index >= 15 is 0 Å². The number of rotatable bonds is 14. The first-order chi connectivity index (χ1) is 24.7. The molecule has 0 spiro atoms. The number of nitrogens with two attached hydrogens (primary N) is 2. The fourth-order valence-corrected chi connectivity index (χ4v) is 9.87. The second kappa shape index (κ2) is 14.6. The monoisotopic (exact) mass is 833 g/mol. The maximum Gasteiger partial charge on any atom is 0.478 e. The SMILES string of the molecule is Nc1ncnc2c1ncn2[C@@H]1O[C@H](COP(=O)([O-])OP(=O)([O-])OP(=O)([O-])OP(=O)(O)OC[C@@H]2O[C@H](n3cnc4c(N)ncnc43)C(O)[C@@H]2O)[C@H](O)C1O. The van der Waals surface area contributed by atoms with Crippen molar-refractivity contribution in [1.82, 2.24) is 39.0 Å². The van der Waals surface area contributed by atoms with Gasteiger partial charge in [0.25, 0.3) is 23.5 Å². The molecule has 0 saturated carbocycles. The van der Waals surface area contributed by atoms with Crippen LogP contribution in [0, 0.1) is 0 Å². The summed E-state index contributed by atoms with van der Waals surface area (Å²) >= 11 is 0. The Kier molecular flexibility index (Phi) is 10.9. The van der Waals surface area contributed by atoms with Crippen LogP contribution >= 0.6 is 31.3 Å². The summed E-state index contributed by atoms with van der Waals surface area (Å²) in [6.07, 6.45) is -8.99. The van der Waals surface area contributed by atoms with E-state index in [9.17, 15) is 58.3 Å². The standard InChI is InChI=1S/C20H28N10O19P4/c21-15-9-17(25-3-23-15)29(5-27-9)19-13(33)11(31)7(45-19)1-43-50(35,36)47-52(39,40)49-53(41,42)48-51(37,38)44-2-8-12(32)14(34)20(46-8)30-6-28-10-16(22)24-4-26-18(10)30/h3-8,11-14,19-20,31-34H,1-2H2,(H,35,36)(H,37,38)(H,39,40)(H,41,42)(H2,21,23,25)(H2,22,24,26)/p-3/t7-,8+,11+,12-,13?,14?,19-,20+. The lowest BCUT2D eigenvalue weighted by molar-refractivity contribution is -0.249. The Morgan fingerprint density at radius 1 is 0.642 bits per heavy atom. The average molecular weight is 833 g/mol. The highest BCUT2D eigenvalue weighted by molar-refractivity contribution is 7.68. The van der Waals surface area contributed by atoms with E-state index in [1.54, 1.807) is 0 Å². The number of fused-ring (bicyclic) bond motifs is 2. The molecule has 12 atom stereocenters. The highest BCUT2D eigenvalue weighted by Gasteiger charge is 2.47. The number of hydrogen-bond donors (Lipinski definition) is 7. The summed E-state index contributed by atoms with van der Waals surface area (Å²) in [6.45, 7) is -2.38. The Morgan fingerprint density at radius 2 is 1.06 bits per heavy atom. The number of aliphatic hydroxyl groups is 4. The van der Waals surface area contributed by atoms with Crippen LogP contribution in [0.15, 0.2) is 25.3 Å². The number of anilines is 2. The normalized spacial score (nSPS) is 30.9. The molecule has 0 aliphatic carbocycles. The van der Waals surface area contributed by atoms with E-state index in [0.717, 1.165) is 34.4 Å². The zero-order valence-electron chi connectivity index (χ0n) is 25.8. The van der Waals surface area contributed by atoms with E-state index in [1.807, 2.05) is 0 Å². The van der Waals surface area contributed by atoms with Gasteiger partial charge in [0.05, 0.1) is 25.9 Å². The topological polar surface area (TPSA) is 442 Å². The number of aliphatic hydroxyl groups excluding tert-OH is 4. The first kappa shape index (κ1) is 39.7. The quantitative estimate of drug-likeness (QED) is 0.0590. The minimum atomic E-state index is -6.57. The van der Waals surface area contributed by atoms with Gasteiger partial charge in [-0.1, -0.05) is 0 Å². The van der Waals surface area contributed by atoms with Crippen LogP contribution in [0.2, 0.25) is 0 Å². The van der Waals surface area contributed by atoms with Crippen molar-refractivity contribution in [3.05, 3.63) is 25.3 Å². The second-order valence-corrected chi connectivity index (χ2v) is 17.0. The number of phosphoric ester groups is 2. The zero-order chi connectivity index (χ0) is 38.7. The van der Waals surface area contributed by atoms with Crippen molar-refractivity contribution in [3.63, 3.8) is 0 Å². The lowest BCUT2D eigenvalue weighted by Gasteiger charge is -2.34. The summed E-state index contributed by atoms with van der Waals surface area (Å²) in [6, 6.07) is 0. The Morgan fingerprint density at radius 3 is 1.53 bits per heavy atom. The van der Waals surface area contributed by atoms with Crippen molar-refractivity contribution in [2.45, 2.75) is 49.1 Å². The van der Waals surface area contributed by atoms with Crippen LogP contribution in [0.5, 0.6) is 0 Å². The van der Waals surface area contributed by atoms with E-state index in [4.69, 9.17) is 20.9 Å². The largest absolute Gasteiger partial charge is 0.756 e. The van der Waals surface area contributed by atoms with Gasteiger partial charge < -0.3 is 65.5 Å². The van der Waals surface area contributed by atoms with Gasteiger partial charge in [-0.3, -0.25) is 27.4 Å². The van der Waals surface area contributed by atoms with E-state index in [-0.39, 0.29) is 34.0 Å². The fraction of sp³-hybridized carbons (Fsp3) is 0.500. The molecule has 6 heterocycles. The third-order valence-corrected chi connectivity index (χ3v) is 13.2. The lowest BCUT2D eigenvalue weighted by atomic mass is 10.1. The van der Waals surface area contributed by atoms with Gasteiger partial charge in [0.2, 0.25) is 0 Å². The minimum absolute atomic E-state index is 0.0280. The Bertz CT molecular complexity index is 2040. The van der Waals surface area contributed by atoms with E-state index in [0.29, 0.717) is 0 Å². The van der Waals surface area contributed by atoms with Gasteiger partial charge in [0, 0.05) is 0 Å². The van der Waals surface area contributed by atoms with Crippen LogP contribution in [0.1, 0.15) is 12.5 Å². The van der Waals surface area contributed by atoms with Gasteiger partial charge in [-0.05, 0) is 0 Å². The van der Waals surface area contributed by atoms with E-state index in [1.165, 1.54) is 0 Å². The molecule has 29 nitrogen and oxygen atoms in total. The highest BCUT2D eigenvalue weighted by Crippen LogP contribution is 2.67. The van der Waals surface area contributed by atoms with Crippen LogP contribution in [0.3, 0.4) is 0 Å². The van der Waals surface area contributed by atoms with Gasteiger partial charge in [0.1, 0.15) is 60.3 Å². The number of phosphoric acid groups is 4. The van der Waals surface area contributed by atoms with Crippen molar-refractivity contribution < 1.29 is 89.7 Å². The molecule has 2 saturated heterocycles. The van der Waals surface area contributed by atoms with Crippen molar-refractivity contribution >= 4 is 65.3 Å². The highest BCUT2D eigenvalue weighted by atomic mass is 31.3. The van der Waals surface area contributed by atoms with Crippen LogP contribution in [-0.2, 0) is 49.7 Å². The van der Waals surface area contributed by atoms with E-state index < -0.39 is 93.6 Å². The first-order valence-corrected chi connectivity index (χ1v) is 20.1. The molecule has 0 amide bonds. The summed E-state index contributed by atoms with van der Waals surface area (Å²) in [4.78, 5) is 69.7. The Labute approximate surface area is 293 Å². The summed E-state index contributed by atoms with van der Waals surface area (Å²) in [7, 11) is -25.1. The minimum Gasteiger partial charge on any atom is -0.756 e. The summed E-state index contributed by atoms with van der Waals surface area (Å²) in [5, 5.41) is 41.7. The number of hydrogen-bond acceptors (Lipinski definition) is 26. The molecule has 0 bridgehead atoms. The first-order valence-electron chi connectivity index (χ1n) is 14.3. The zero-order valence-corrected chi connectivity index (χ0v) is 29.4. The molecular weight excluding hydrogens is 808 g/mol. The van der Waals surface area contributed by atoms with Crippen LogP contribution in [0.4, 0.5) is 11.6 Å². The summed E-state index contributed by atoms with van der Waals surface area (Å²) in [5.41, 5.74) is 11.7. The number of imidazole rings is 2. The van der Waals surface area contributed by atoms with Gasteiger partial charge >= 0.3 is 7.82 Å². The van der Waals surface area contributed by atoms with Crippen LogP contribution in [0.25, 0.3) is 22.3 Å². The van der Waals surface area contributed by atoms with Crippen molar-refractivity contribution in [3.8, 4) is 0 Å². The smallest absolute Gasteiger partial charge is 0.478 e. The fourth-order valence-electron chi connectivity index (χ4n) is 5.09. The maximum absolute atomic E-state index is 12.3. The predicted molar refractivity (Wildman–Crippen MR) is 159 cm³/mol. The van der Waals surface area contributed by atoms with Crippen molar-refractivity contribution in [2.75, 3.05) is 24.7 Å². The Balaban J connectivity index is 1.01. The molecule has 0 aromatic carbocycles. The number of aromatic nitrogens is 8. The molecular formula is C20H25N10O19P4-3. The maximum atomic E-state index is 12.3. The molecule has 9 N–H and O–H groups in total. The third-order valence-electron chi connectivity index (χ3n) is 7.40. The Hall–Kier alpha value is -2.98. The number of nitrogen functional groups attached to an aromatic ring is 2. The second-order valence-electron chi connectivity index (χ2n) is 10.9. The molecule has 6 unspecified atom stereocenters. The van der Waals surface area contributed by atoms with Crippen molar-refractivity contribution in [2.24, 2.45) is 0 Å². The number of ether oxygens (including phenoxy) is 2. The molecule has 33 heteroatoms. The van der Waals surface area contributed by atoms with Crippen LogP contribution < -0.4 is 26.1 Å². The molecule has 0 radical (unpaired) electrons. The number of nitrogens with zero attached hydrogens (tertiary/aromatic N) is 8. The average Bonchev–Trinajstić information content (AvgIpc) is 3.80. The molecule has 292 valence electrons. The van der Waals surface area contributed by atoms with E-state index in [2.05, 4.69) is 51.9 Å². The summed E-state index contributed by atoms with van der Waals surface area (Å²) in [5.74, 6) is -0.0609. The lowest BCUT2D eigenvalue weighted by Crippen LogP contribution is -2.34. The predicted octanol–water partition coefficient (Wildman–Crippen LogP) is -4.34. The molecule has 2 aliphatic heterocycles. The van der Waals surface area contributed by atoms with Crippen LogP contribution in [-0.4, -0.2) is 114 Å². The van der Waals surface area contributed by atoms with Gasteiger partial charge in [-0.15, -0.1) is 0 Å². The molecule has 4 aromatic heterocycles. The van der Waals surface area contributed by atoms with Gasteiger partial charge in [0.15, 0.2) is 35.4 Å². The molecule has 53 heavy (non-hydrogen) atoms. The third kappa shape index (κ3) is 8.48. The van der Waals surface area contributed by atoms with Gasteiger partial charge in [-0.2, -0.15) is 0 Å². The summed E-state index contributed by atoms with van der Waals surface area (Å²) < 4.78 is 81.8. The molecule has 2 fully saturated rings. The molecule has 4 aromatic rings. The molecule has 2 aliphatic rings. The molecule has 6 rings (SSSR count). The van der Waals surface area contributed by atoms with Crippen molar-refractivity contribution in [1.29, 1.82) is 0 Å². The van der Waals surface area contributed by atoms with Gasteiger partial charge in [-0.25, -0.2) is 47.4 Å².